The summed E-state index contributed by atoms with van der Waals surface area (Å²) in [5.41, 5.74) is 3.10. The van der Waals surface area contributed by atoms with E-state index in [2.05, 4.69) is 17.6 Å². The van der Waals surface area contributed by atoms with Gasteiger partial charge in [-0.3, -0.25) is 28.8 Å². The molecule has 0 aromatic carbocycles. The zero-order chi connectivity index (χ0) is 36.5. The topological polar surface area (TPSA) is 239 Å². The summed E-state index contributed by atoms with van der Waals surface area (Å²) in [6, 6.07) is -2.53. The number of aliphatic hydroxyl groups is 2. The first-order chi connectivity index (χ1) is 22.8. The van der Waals surface area contributed by atoms with E-state index in [1.807, 2.05) is 6.92 Å². The van der Waals surface area contributed by atoms with E-state index in [1.54, 1.807) is 19.9 Å². The van der Waals surface area contributed by atoms with Gasteiger partial charge in [-0.05, 0) is 80.1 Å². The molecule has 7 N–H and O–H groups in total. The van der Waals surface area contributed by atoms with Crippen LogP contribution in [-0.2, 0) is 38.3 Å². The molecule has 0 bridgehead atoms. The molecule has 0 saturated heterocycles. The highest BCUT2D eigenvalue weighted by Gasteiger charge is 2.68. The number of aliphatic carboxylic acids is 1. The molecule has 14 nitrogen and oxygen atoms in total. The van der Waals surface area contributed by atoms with Crippen LogP contribution in [0.5, 0.6) is 0 Å². The van der Waals surface area contributed by atoms with Crippen LogP contribution in [0.15, 0.2) is 11.6 Å². The molecule has 14 heteroatoms. The zero-order valence-electron chi connectivity index (χ0n) is 28.8. The Hall–Kier alpha value is -3.65. The van der Waals surface area contributed by atoms with E-state index in [9.17, 15) is 48.9 Å². The molecule has 272 valence electrons. The van der Waals surface area contributed by atoms with Gasteiger partial charge in [0.2, 0.25) is 23.5 Å². The van der Waals surface area contributed by atoms with Crippen LogP contribution in [-0.4, -0.2) is 86.9 Å². The molecule has 0 radical (unpaired) electrons. The molecule has 9 atom stereocenters. The molecule has 0 aliphatic heterocycles. The number of esters is 1. The standard InChI is InChI=1S/C35H51N3O11/c1-18(2)30(31(45)37-23(32(46)47)7-8-26(36)42)38-27(43)9-10-28(44)49-17-25(41)35(48)14-12-22-21-6-5-19-15-20(39)11-13-33(19,3)29(21)24(40)16-34(22,35)4/h15,18,21-24,29-30,40,48H,5-14,16-17H2,1-4H3,(H2,36,42)(H,37,45)(H,38,43)(H,46,47)/t21-,22-,23-,24+,29+,30+,33-,34-,35-/m0/s1. The lowest BCUT2D eigenvalue weighted by atomic mass is 9.45. The summed E-state index contributed by atoms with van der Waals surface area (Å²) in [5.74, 6) is -5.46. The molecular weight excluding hydrogens is 638 g/mol. The second-order valence-corrected chi connectivity index (χ2v) is 15.3. The van der Waals surface area contributed by atoms with Crippen LogP contribution in [0.4, 0.5) is 0 Å². The van der Waals surface area contributed by atoms with Crippen LogP contribution in [0, 0.1) is 34.5 Å². The Balaban J connectivity index is 1.31. The van der Waals surface area contributed by atoms with E-state index in [-0.39, 0.29) is 61.1 Å². The Morgan fingerprint density at radius 2 is 1.71 bits per heavy atom. The quantitative estimate of drug-likeness (QED) is 0.141. The van der Waals surface area contributed by atoms with E-state index >= 15 is 0 Å². The molecule has 3 saturated carbocycles. The van der Waals surface area contributed by atoms with Crippen molar-refractivity contribution in [3.63, 3.8) is 0 Å². The number of carbonyl (C=O) groups is 7. The van der Waals surface area contributed by atoms with Gasteiger partial charge in [0, 0.05) is 24.7 Å². The van der Waals surface area contributed by atoms with Gasteiger partial charge in [-0.15, -0.1) is 0 Å². The number of rotatable bonds is 14. The Morgan fingerprint density at radius 1 is 1.02 bits per heavy atom. The number of nitrogens with one attached hydrogen (secondary N) is 2. The van der Waals surface area contributed by atoms with Gasteiger partial charge in [0.1, 0.15) is 17.7 Å². The number of primary amides is 1. The molecule has 0 spiro atoms. The smallest absolute Gasteiger partial charge is 0.326 e. The third kappa shape index (κ3) is 7.59. The number of ether oxygens (including phenoxy) is 1. The van der Waals surface area contributed by atoms with Crippen LogP contribution in [0.25, 0.3) is 0 Å². The fourth-order valence-corrected chi connectivity index (χ4v) is 9.29. The van der Waals surface area contributed by atoms with E-state index in [0.29, 0.717) is 19.3 Å². The fraction of sp³-hybridized carbons (Fsp3) is 0.743. The highest BCUT2D eigenvalue weighted by molar-refractivity contribution is 5.93. The Labute approximate surface area is 286 Å². The number of aliphatic hydroxyl groups excluding tert-OH is 1. The lowest BCUT2D eigenvalue weighted by molar-refractivity contribution is -0.184. The molecule has 4 rings (SSSR count). The first-order valence-corrected chi connectivity index (χ1v) is 17.3. The van der Waals surface area contributed by atoms with Crippen LogP contribution in [0.1, 0.15) is 98.3 Å². The van der Waals surface area contributed by atoms with E-state index in [4.69, 9.17) is 10.5 Å². The maximum absolute atomic E-state index is 13.5. The highest BCUT2D eigenvalue weighted by Crippen LogP contribution is 2.67. The van der Waals surface area contributed by atoms with E-state index in [1.165, 1.54) is 0 Å². The molecule has 0 unspecified atom stereocenters. The van der Waals surface area contributed by atoms with Crippen LogP contribution >= 0.6 is 0 Å². The number of hydrogen-bond donors (Lipinski definition) is 6. The summed E-state index contributed by atoms with van der Waals surface area (Å²) in [6.45, 7) is 6.53. The molecule has 0 heterocycles. The summed E-state index contributed by atoms with van der Waals surface area (Å²) < 4.78 is 5.20. The van der Waals surface area contributed by atoms with Crippen molar-refractivity contribution in [3.8, 4) is 0 Å². The van der Waals surface area contributed by atoms with Crippen molar-refractivity contribution < 1.29 is 53.6 Å². The van der Waals surface area contributed by atoms with Gasteiger partial charge in [-0.2, -0.15) is 0 Å². The predicted molar refractivity (Wildman–Crippen MR) is 173 cm³/mol. The summed E-state index contributed by atoms with van der Waals surface area (Å²) in [4.78, 5) is 86.2. The number of carboxylic acid groups (broad SMARTS) is 1. The van der Waals surface area contributed by atoms with Crippen molar-refractivity contribution in [1.29, 1.82) is 0 Å². The number of carboxylic acids is 1. The van der Waals surface area contributed by atoms with Gasteiger partial charge < -0.3 is 36.4 Å². The largest absolute Gasteiger partial charge is 0.480 e. The van der Waals surface area contributed by atoms with Crippen molar-refractivity contribution >= 4 is 41.2 Å². The van der Waals surface area contributed by atoms with Gasteiger partial charge in [0.25, 0.3) is 0 Å². The Kier molecular flexibility index (Phi) is 11.4. The minimum atomic E-state index is -1.82. The van der Waals surface area contributed by atoms with Crippen LogP contribution in [0.3, 0.4) is 0 Å². The number of Topliss-reactive ketones (excluding diaryl/α,β-unsaturated/α-hetero) is 1. The third-order valence-electron chi connectivity index (χ3n) is 12.0. The molecule has 49 heavy (non-hydrogen) atoms. The second kappa shape index (κ2) is 14.7. The van der Waals surface area contributed by atoms with E-state index in [0.717, 1.165) is 18.4 Å². The zero-order valence-corrected chi connectivity index (χ0v) is 28.8. The third-order valence-corrected chi connectivity index (χ3v) is 12.0. The average molecular weight is 690 g/mol. The minimum Gasteiger partial charge on any atom is -0.480 e. The number of fused-ring (bicyclic) bond motifs is 5. The lowest BCUT2D eigenvalue weighted by Crippen LogP contribution is -2.62. The highest BCUT2D eigenvalue weighted by atomic mass is 16.5. The van der Waals surface area contributed by atoms with Gasteiger partial charge in [-0.25, -0.2) is 4.79 Å². The first kappa shape index (κ1) is 38.2. The van der Waals surface area contributed by atoms with Crippen LogP contribution in [0.2, 0.25) is 0 Å². The molecule has 3 amide bonds. The molecular formula is C35H51N3O11. The number of amides is 3. The maximum atomic E-state index is 13.5. The second-order valence-electron chi connectivity index (χ2n) is 15.3. The normalized spacial score (nSPS) is 33.2. The molecule has 4 aliphatic rings. The van der Waals surface area contributed by atoms with Gasteiger partial charge in [0.05, 0.1) is 12.5 Å². The van der Waals surface area contributed by atoms with Crippen LogP contribution < -0.4 is 16.4 Å². The van der Waals surface area contributed by atoms with Crippen molar-refractivity contribution in [3.05, 3.63) is 11.6 Å². The van der Waals surface area contributed by atoms with E-state index < -0.39 is 83.6 Å². The summed E-state index contributed by atoms with van der Waals surface area (Å²) >= 11 is 0. The summed E-state index contributed by atoms with van der Waals surface area (Å²) in [5, 5.41) is 37.6. The Morgan fingerprint density at radius 3 is 2.35 bits per heavy atom. The monoisotopic (exact) mass is 689 g/mol. The summed E-state index contributed by atoms with van der Waals surface area (Å²) in [6.07, 6.45) is 3.24. The van der Waals surface area contributed by atoms with Crippen molar-refractivity contribution in [2.75, 3.05) is 6.61 Å². The maximum Gasteiger partial charge on any atom is 0.326 e. The number of carbonyl (C=O) groups excluding carboxylic acids is 6. The number of allylic oxidation sites excluding steroid dienone is 1. The van der Waals surface area contributed by atoms with Crippen molar-refractivity contribution in [2.45, 2.75) is 122 Å². The molecule has 0 aromatic rings. The minimum absolute atomic E-state index is 0.0368. The SMILES string of the molecule is CC(C)[C@@H](NC(=O)CCC(=O)OCC(=O)[C@@]1(O)CC[C@H]2[C@@H]3CCC4=CC(=O)CC[C@]4(C)[C@H]3[C@H](O)C[C@@]21C)C(=O)N[C@@H](CCC(N)=O)C(=O)O. The van der Waals surface area contributed by atoms with Crippen molar-refractivity contribution in [2.24, 2.45) is 40.2 Å². The van der Waals surface area contributed by atoms with Gasteiger partial charge >= 0.3 is 11.9 Å². The Bertz CT molecular complexity index is 1410. The average Bonchev–Trinajstić information content (AvgIpc) is 3.29. The van der Waals surface area contributed by atoms with Crippen molar-refractivity contribution in [1.82, 2.24) is 10.6 Å². The fourth-order valence-electron chi connectivity index (χ4n) is 9.29. The van der Waals surface area contributed by atoms with Gasteiger partial charge in [0.15, 0.2) is 12.4 Å². The number of ketones is 2. The summed E-state index contributed by atoms with van der Waals surface area (Å²) in [7, 11) is 0. The number of nitrogens with two attached hydrogens (primary N) is 1. The first-order valence-electron chi connectivity index (χ1n) is 17.3. The number of hydrogen-bond acceptors (Lipinski definition) is 10. The predicted octanol–water partition coefficient (Wildman–Crippen LogP) is 1.09. The molecule has 4 aliphatic carbocycles. The van der Waals surface area contributed by atoms with Gasteiger partial charge in [-0.1, -0.05) is 33.3 Å². The molecule has 0 aromatic heterocycles. The molecule has 3 fully saturated rings. The lowest BCUT2D eigenvalue weighted by Gasteiger charge is -2.60.